The molecule has 0 heterocycles. The fourth-order valence-electron chi connectivity index (χ4n) is 1.27. The highest BCUT2D eigenvalue weighted by Gasteiger charge is 2.04. The van der Waals surface area contributed by atoms with Crippen molar-refractivity contribution in [3.63, 3.8) is 0 Å². The highest BCUT2D eigenvalue weighted by Crippen LogP contribution is 2.24. The molecule has 1 aromatic carbocycles. The number of alkyl halides is 1. The molecule has 0 aromatic heterocycles. The highest BCUT2D eigenvalue weighted by molar-refractivity contribution is 6.18. The van der Waals surface area contributed by atoms with Crippen molar-refractivity contribution in [2.45, 2.75) is 6.42 Å². The Balaban J connectivity index is 2.27. The molecule has 0 atom stereocenters. The van der Waals surface area contributed by atoms with E-state index in [0.29, 0.717) is 5.88 Å². The second-order valence-corrected chi connectivity index (χ2v) is 3.11. The third-order valence-corrected chi connectivity index (χ3v) is 2.17. The monoisotopic (exact) mass is 164 g/mol. The summed E-state index contributed by atoms with van der Waals surface area (Å²) in [5.41, 5.74) is 4.04. The summed E-state index contributed by atoms with van der Waals surface area (Å²) in [5.74, 6) is 0.711. The summed E-state index contributed by atoms with van der Waals surface area (Å²) in [7, 11) is 0. The lowest BCUT2D eigenvalue weighted by Gasteiger charge is -2.10. The lowest BCUT2D eigenvalue weighted by Crippen LogP contribution is -1.93. The Morgan fingerprint density at radius 3 is 2.45 bits per heavy atom. The Labute approximate surface area is 71.5 Å². The first-order valence-electron chi connectivity index (χ1n) is 3.77. The topological polar surface area (TPSA) is 0 Å². The van der Waals surface area contributed by atoms with Crippen molar-refractivity contribution in [2.24, 2.45) is 0 Å². The SMILES string of the molecule is ClCCc1ccc2c(c1)C=C2. The predicted octanol–water partition coefficient (Wildman–Crippen LogP) is 2.95. The van der Waals surface area contributed by atoms with E-state index in [1.54, 1.807) is 0 Å². The van der Waals surface area contributed by atoms with Crippen LogP contribution >= 0.6 is 11.6 Å². The quantitative estimate of drug-likeness (QED) is 0.599. The molecule has 0 aliphatic heterocycles. The van der Waals surface area contributed by atoms with Crippen LogP contribution in [0, 0.1) is 0 Å². The molecule has 1 aliphatic carbocycles. The summed E-state index contributed by atoms with van der Waals surface area (Å²) < 4.78 is 0. The van der Waals surface area contributed by atoms with Gasteiger partial charge in [0, 0.05) is 5.88 Å². The molecule has 1 heteroatoms. The van der Waals surface area contributed by atoms with Gasteiger partial charge in [-0.2, -0.15) is 0 Å². The number of halogens is 1. The summed E-state index contributed by atoms with van der Waals surface area (Å²) >= 11 is 5.63. The number of fused-ring (bicyclic) bond motifs is 1. The van der Waals surface area contributed by atoms with Crippen LogP contribution in [0.2, 0.25) is 0 Å². The van der Waals surface area contributed by atoms with E-state index in [-0.39, 0.29) is 0 Å². The first-order chi connectivity index (χ1) is 5.40. The molecular formula is C10H9Cl. The average Bonchev–Trinajstić information content (AvgIpc) is 1.96. The highest BCUT2D eigenvalue weighted by atomic mass is 35.5. The van der Waals surface area contributed by atoms with E-state index in [1.165, 1.54) is 16.7 Å². The van der Waals surface area contributed by atoms with Crippen LogP contribution in [0.1, 0.15) is 16.7 Å². The number of benzene rings is 1. The van der Waals surface area contributed by atoms with Crippen molar-refractivity contribution in [2.75, 3.05) is 5.88 Å². The van der Waals surface area contributed by atoms with Crippen LogP contribution in [-0.4, -0.2) is 5.88 Å². The van der Waals surface area contributed by atoms with E-state index in [9.17, 15) is 0 Å². The lowest BCUT2D eigenvalue weighted by molar-refractivity contribution is 1.15. The van der Waals surface area contributed by atoms with Crippen molar-refractivity contribution in [3.05, 3.63) is 34.9 Å². The van der Waals surface area contributed by atoms with E-state index in [4.69, 9.17) is 11.6 Å². The molecule has 1 aromatic rings. The smallest absolute Gasteiger partial charge is 0.0263 e. The maximum absolute atomic E-state index is 5.63. The van der Waals surface area contributed by atoms with Crippen molar-refractivity contribution < 1.29 is 0 Å². The summed E-state index contributed by atoms with van der Waals surface area (Å²) in [6.45, 7) is 0. The van der Waals surface area contributed by atoms with E-state index >= 15 is 0 Å². The van der Waals surface area contributed by atoms with Crippen LogP contribution in [-0.2, 0) is 6.42 Å². The molecule has 1 aliphatic rings. The van der Waals surface area contributed by atoms with E-state index in [1.807, 2.05) is 0 Å². The third kappa shape index (κ3) is 1.19. The van der Waals surface area contributed by atoms with Crippen molar-refractivity contribution in [1.29, 1.82) is 0 Å². The number of hydrogen-bond donors (Lipinski definition) is 0. The Kier molecular flexibility index (Phi) is 1.71. The molecule has 0 fully saturated rings. The van der Waals surface area contributed by atoms with Crippen LogP contribution in [0.3, 0.4) is 0 Å². The van der Waals surface area contributed by atoms with E-state index in [2.05, 4.69) is 30.4 Å². The van der Waals surface area contributed by atoms with Crippen LogP contribution in [0.4, 0.5) is 0 Å². The Bertz CT molecular complexity index is 300. The molecular weight excluding hydrogens is 156 g/mol. The molecule has 2 rings (SSSR count). The summed E-state index contributed by atoms with van der Waals surface area (Å²) in [6, 6.07) is 6.50. The third-order valence-electron chi connectivity index (χ3n) is 1.98. The standard InChI is InChI=1S/C10H9Cl/c11-6-5-8-1-2-9-3-4-10(9)7-8/h1-4,7H,5-6H2. The molecule has 0 amide bonds. The van der Waals surface area contributed by atoms with Gasteiger partial charge >= 0.3 is 0 Å². The maximum Gasteiger partial charge on any atom is 0.0263 e. The summed E-state index contributed by atoms with van der Waals surface area (Å²) in [6.07, 6.45) is 5.23. The lowest BCUT2D eigenvalue weighted by atomic mass is 9.95. The fourth-order valence-corrected chi connectivity index (χ4v) is 1.49. The van der Waals surface area contributed by atoms with Crippen molar-refractivity contribution in [3.8, 4) is 0 Å². The van der Waals surface area contributed by atoms with Gasteiger partial charge in [0.15, 0.2) is 0 Å². The van der Waals surface area contributed by atoms with Crippen LogP contribution < -0.4 is 0 Å². The minimum Gasteiger partial charge on any atom is -0.126 e. The van der Waals surface area contributed by atoms with Gasteiger partial charge in [-0.05, 0) is 23.1 Å². The molecule has 0 bridgehead atoms. The first-order valence-corrected chi connectivity index (χ1v) is 4.30. The predicted molar refractivity (Wildman–Crippen MR) is 49.8 cm³/mol. The fraction of sp³-hybridized carbons (Fsp3) is 0.200. The van der Waals surface area contributed by atoms with E-state index < -0.39 is 0 Å². The van der Waals surface area contributed by atoms with Gasteiger partial charge in [0.1, 0.15) is 0 Å². The number of hydrogen-bond acceptors (Lipinski definition) is 0. The van der Waals surface area contributed by atoms with Crippen molar-refractivity contribution in [1.82, 2.24) is 0 Å². The zero-order chi connectivity index (χ0) is 7.68. The van der Waals surface area contributed by atoms with Crippen molar-refractivity contribution >= 4 is 23.8 Å². The molecule has 11 heavy (non-hydrogen) atoms. The van der Waals surface area contributed by atoms with Gasteiger partial charge in [0.05, 0.1) is 0 Å². The first kappa shape index (κ1) is 6.93. The normalized spacial score (nSPS) is 12.5. The molecule has 56 valence electrons. The Hall–Kier alpha value is -0.750. The zero-order valence-electron chi connectivity index (χ0n) is 6.18. The molecule has 0 radical (unpaired) electrons. The Morgan fingerprint density at radius 2 is 1.91 bits per heavy atom. The molecule has 0 nitrogen and oxygen atoms in total. The second kappa shape index (κ2) is 2.71. The zero-order valence-corrected chi connectivity index (χ0v) is 6.93. The Morgan fingerprint density at radius 1 is 1.09 bits per heavy atom. The van der Waals surface area contributed by atoms with E-state index in [0.717, 1.165) is 6.42 Å². The van der Waals surface area contributed by atoms with Gasteiger partial charge in [0.25, 0.3) is 0 Å². The minimum absolute atomic E-state index is 0.711. The maximum atomic E-state index is 5.63. The minimum atomic E-state index is 0.711. The van der Waals surface area contributed by atoms with Gasteiger partial charge in [-0.15, -0.1) is 11.6 Å². The van der Waals surface area contributed by atoms with Gasteiger partial charge in [0.2, 0.25) is 0 Å². The number of rotatable bonds is 2. The largest absolute Gasteiger partial charge is 0.126 e. The molecule has 0 unspecified atom stereocenters. The second-order valence-electron chi connectivity index (χ2n) is 2.74. The van der Waals surface area contributed by atoms with Gasteiger partial charge < -0.3 is 0 Å². The molecule has 0 saturated carbocycles. The summed E-state index contributed by atoms with van der Waals surface area (Å²) in [5, 5.41) is 0. The van der Waals surface area contributed by atoms with Gasteiger partial charge in [-0.3, -0.25) is 0 Å². The molecule has 0 spiro atoms. The van der Waals surface area contributed by atoms with Crippen LogP contribution in [0.5, 0.6) is 0 Å². The number of aryl methyl sites for hydroxylation is 1. The summed E-state index contributed by atoms with van der Waals surface area (Å²) in [4.78, 5) is 0. The molecule has 0 N–H and O–H groups in total. The van der Waals surface area contributed by atoms with Gasteiger partial charge in [-0.25, -0.2) is 0 Å². The average molecular weight is 165 g/mol. The molecule has 0 saturated heterocycles. The van der Waals surface area contributed by atoms with Crippen LogP contribution in [0.25, 0.3) is 12.2 Å². The van der Waals surface area contributed by atoms with Gasteiger partial charge in [-0.1, -0.05) is 30.4 Å². The van der Waals surface area contributed by atoms with Crippen LogP contribution in [0.15, 0.2) is 18.2 Å².